The average molecular weight is 417 g/mol. The zero-order valence-corrected chi connectivity index (χ0v) is 18.2. The van der Waals surface area contributed by atoms with Crippen LogP contribution in [0.5, 0.6) is 0 Å². The first kappa shape index (κ1) is 21.8. The summed E-state index contributed by atoms with van der Waals surface area (Å²) in [6.07, 6.45) is 13.7. The maximum absolute atomic E-state index is 5.57. The fraction of sp³-hybridized carbons (Fsp3) is 0.565. The van der Waals surface area contributed by atoms with Crippen molar-refractivity contribution in [3.05, 3.63) is 36.4 Å². The molecule has 1 aliphatic heterocycles. The molecule has 1 saturated heterocycles. The topological polar surface area (TPSA) is 55.9 Å². The van der Waals surface area contributed by atoms with E-state index in [1.165, 1.54) is 62.3 Å². The number of para-hydroxylation sites is 1. The average Bonchev–Trinajstić information content (AvgIpc) is 3.46. The van der Waals surface area contributed by atoms with Gasteiger partial charge in [0.15, 0.2) is 0 Å². The van der Waals surface area contributed by atoms with Crippen LogP contribution in [0.25, 0.3) is 22.3 Å². The van der Waals surface area contributed by atoms with Crippen molar-refractivity contribution in [3.8, 4) is 11.4 Å². The lowest BCUT2D eigenvalue weighted by atomic mass is 10.1. The molecule has 1 atom stereocenters. The Morgan fingerprint density at radius 3 is 2.69 bits per heavy atom. The van der Waals surface area contributed by atoms with Crippen LogP contribution in [-0.4, -0.2) is 21.3 Å². The van der Waals surface area contributed by atoms with Gasteiger partial charge >= 0.3 is 0 Å². The van der Waals surface area contributed by atoms with E-state index in [1.807, 2.05) is 0 Å². The van der Waals surface area contributed by atoms with Crippen molar-refractivity contribution in [3.63, 3.8) is 0 Å². The van der Waals surface area contributed by atoms with Gasteiger partial charge in [-0.25, -0.2) is 0 Å². The smallest absolute Gasteiger partial charge is 0.244 e. The summed E-state index contributed by atoms with van der Waals surface area (Å²) in [5, 5.41) is 8.93. The Balaban J connectivity index is 0.00000240. The fourth-order valence-corrected chi connectivity index (χ4v) is 4.23. The van der Waals surface area contributed by atoms with Gasteiger partial charge in [-0.15, -0.1) is 12.4 Å². The van der Waals surface area contributed by atoms with Crippen molar-refractivity contribution < 1.29 is 4.52 Å². The molecular formula is C23H33ClN4O. The second-order valence-electron chi connectivity index (χ2n) is 7.98. The quantitative estimate of drug-likeness (QED) is 0.394. The van der Waals surface area contributed by atoms with Gasteiger partial charge in [-0.1, -0.05) is 68.8 Å². The van der Waals surface area contributed by atoms with E-state index < -0.39 is 0 Å². The molecule has 5 nitrogen and oxygen atoms in total. The lowest BCUT2D eigenvalue weighted by molar-refractivity contribution is 0.345. The van der Waals surface area contributed by atoms with Crippen LogP contribution >= 0.6 is 12.4 Å². The molecule has 0 amide bonds. The minimum atomic E-state index is 0. The van der Waals surface area contributed by atoms with Gasteiger partial charge < -0.3 is 14.4 Å². The maximum atomic E-state index is 5.57. The number of aryl methyl sites for hydroxylation is 1. The Hall–Kier alpha value is -1.85. The summed E-state index contributed by atoms with van der Waals surface area (Å²) in [6, 6.07) is 8.76. The largest absolute Gasteiger partial charge is 0.347 e. The summed E-state index contributed by atoms with van der Waals surface area (Å²) in [5.41, 5.74) is 2.33. The van der Waals surface area contributed by atoms with Gasteiger partial charge in [0, 0.05) is 29.2 Å². The highest BCUT2D eigenvalue weighted by Crippen LogP contribution is 2.31. The summed E-state index contributed by atoms with van der Waals surface area (Å²) in [6.45, 7) is 4.34. The summed E-state index contributed by atoms with van der Waals surface area (Å²) in [7, 11) is 0. The number of halogens is 1. The summed E-state index contributed by atoms with van der Waals surface area (Å²) in [4.78, 5) is 4.71. The second kappa shape index (κ2) is 10.8. The molecule has 3 heterocycles. The van der Waals surface area contributed by atoms with Gasteiger partial charge in [-0.2, -0.15) is 4.98 Å². The van der Waals surface area contributed by atoms with Crippen molar-refractivity contribution >= 4 is 23.3 Å². The molecule has 3 aromatic rings. The van der Waals surface area contributed by atoms with Crippen molar-refractivity contribution in [2.24, 2.45) is 0 Å². The van der Waals surface area contributed by atoms with Gasteiger partial charge in [0.2, 0.25) is 11.7 Å². The standard InChI is InChI=1S/C23H32N4O.ClH/c1-2-3-4-5-6-7-10-16-27-17-19(18-12-8-9-14-21(18)27)22-25-23(28-26-22)20-13-11-15-24-20;/h8-9,12,14,17,20,24H,2-7,10-11,13,15-16H2,1H3;1H. The third-order valence-electron chi connectivity index (χ3n) is 5.83. The molecule has 1 fully saturated rings. The molecular weight excluding hydrogens is 384 g/mol. The van der Waals surface area contributed by atoms with Gasteiger partial charge in [0.25, 0.3) is 0 Å². The molecule has 0 saturated carbocycles. The summed E-state index contributed by atoms with van der Waals surface area (Å²) >= 11 is 0. The first-order valence-electron chi connectivity index (χ1n) is 11.0. The lowest BCUT2D eigenvalue weighted by Crippen LogP contribution is -2.12. The molecule has 0 radical (unpaired) electrons. The number of aromatic nitrogens is 3. The number of nitrogens with one attached hydrogen (secondary N) is 1. The Bertz CT molecular complexity index is 882. The van der Waals surface area contributed by atoms with Gasteiger partial charge in [-0.3, -0.25) is 0 Å². The molecule has 1 unspecified atom stereocenters. The number of rotatable bonds is 10. The van der Waals surface area contributed by atoms with E-state index >= 15 is 0 Å². The zero-order chi connectivity index (χ0) is 19.2. The van der Waals surface area contributed by atoms with Crippen LogP contribution in [0.3, 0.4) is 0 Å². The molecule has 1 N–H and O–H groups in total. The van der Waals surface area contributed by atoms with Crippen molar-refractivity contribution in [1.29, 1.82) is 0 Å². The molecule has 0 bridgehead atoms. The van der Waals surface area contributed by atoms with E-state index in [2.05, 4.69) is 52.4 Å². The van der Waals surface area contributed by atoms with Crippen LogP contribution in [0.4, 0.5) is 0 Å². The number of nitrogens with zero attached hydrogens (tertiary/aromatic N) is 3. The fourth-order valence-electron chi connectivity index (χ4n) is 4.23. The van der Waals surface area contributed by atoms with Crippen LogP contribution in [0.2, 0.25) is 0 Å². The SMILES string of the molecule is CCCCCCCCCn1cc(-c2noc(C3CCCN3)n2)c2ccccc21.Cl. The van der Waals surface area contributed by atoms with E-state index in [-0.39, 0.29) is 18.4 Å². The third kappa shape index (κ3) is 5.20. The number of benzene rings is 1. The Morgan fingerprint density at radius 2 is 1.90 bits per heavy atom. The summed E-state index contributed by atoms with van der Waals surface area (Å²) in [5.74, 6) is 1.43. The number of hydrogen-bond acceptors (Lipinski definition) is 4. The molecule has 1 aromatic carbocycles. The highest BCUT2D eigenvalue weighted by Gasteiger charge is 2.23. The first-order valence-corrected chi connectivity index (χ1v) is 11.0. The monoisotopic (exact) mass is 416 g/mol. The predicted octanol–water partition coefficient (Wildman–Crippen LogP) is 6.29. The number of unbranched alkanes of at least 4 members (excludes halogenated alkanes) is 6. The molecule has 2 aromatic heterocycles. The molecule has 6 heteroatoms. The Morgan fingerprint density at radius 1 is 1.10 bits per heavy atom. The van der Waals surface area contributed by atoms with Crippen LogP contribution in [0, 0.1) is 0 Å². The van der Waals surface area contributed by atoms with Crippen LogP contribution in [0.15, 0.2) is 35.0 Å². The molecule has 4 rings (SSSR count). The normalized spacial score (nSPS) is 16.4. The first-order chi connectivity index (χ1) is 13.9. The van der Waals surface area contributed by atoms with E-state index in [4.69, 9.17) is 9.51 Å². The Labute approximate surface area is 179 Å². The van der Waals surface area contributed by atoms with E-state index in [1.54, 1.807) is 0 Å². The number of hydrogen-bond donors (Lipinski definition) is 1. The van der Waals surface area contributed by atoms with Crippen LogP contribution in [0.1, 0.15) is 76.6 Å². The lowest BCUT2D eigenvalue weighted by Gasteiger charge is -2.05. The van der Waals surface area contributed by atoms with Crippen molar-refractivity contribution in [2.75, 3.05) is 6.54 Å². The number of fused-ring (bicyclic) bond motifs is 1. The Kier molecular flexibility index (Phi) is 8.13. The van der Waals surface area contributed by atoms with Gasteiger partial charge in [0.05, 0.1) is 6.04 Å². The molecule has 0 spiro atoms. The predicted molar refractivity (Wildman–Crippen MR) is 120 cm³/mol. The molecule has 158 valence electrons. The molecule has 1 aliphatic rings. The van der Waals surface area contributed by atoms with E-state index in [9.17, 15) is 0 Å². The van der Waals surface area contributed by atoms with Crippen molar-refractivity contribution in [2.45, 2.75) is 77.3 Å². The zero-order valence-electron chi connectivity index (χ0n) is 17.4. The van der Waals surface area contributed by atoms with Gasteiger partial charge in [-0.05, 0) is 31.9 Å². The highest BCUT2D eigenvalue weighted by molar-refractivity contribution is 5.94. The molecule has 0 aliphatic carbocycles. The highest BCUT2D eigenvalue weighted by atomic mass is 35.5. The molecule has 29 heavy (non-hydrogen) atoms. The second-order valence-corrected chi connectivity index (χ2v) is 7.98. The summed E-state index contributed by atoms with van der Waals surface area (Å²) < 4.78 is 7.94. The van der Waals surface area contributed by atoms with Crippen molar-refractivity contribution in [1.82, 2.24) is 20.0 Å². The minimum Gasteiger partial charge on any atom is -0.347 e. The van der Waals surface area contributed by atoms with Crippen LogP contribution in [-0.2, 0) is 6.54 Å². The van der Waals surface area contributed by atoms with E-state index in [0.29, 0.717) is 5.82 Å². The third-order valence-corrected chi connectivity index (χ3v) is 5.83. The maximum Gasteiger partial charge on any atom is 0.244 e. The van der Waals surface area contributed by atoms with E-state index in [0.717, 1.165) is 31.0 Å². The van der Waals surface area contributed by atoms with Gasteiger partial charge in [0.1, 0.15) is 0 Å². The van der Waals surface area contributed by atoms with Crippen LogP contribution < -0.4 is 5.32 Å². The minimum absolute atomic E-state index is 0.